The third-order valence-corrected chi connectivity index (χ3v) is 7.82. The van der Waals surface area contributed by atoms with E-state index in [1.54, 1.807) is 0 Å². The van der Waals surface area contributed by atoms with Crippen LogP contribution in [0.15, 0.2) is 152 Å². The molecule has 0 aliphatic carbocycles. The first-order valence-electron chi connectivity index (χ1n) is 14.5. The van der Waals surface area contributed by atoms with Crippen LogP contribution in [0.25, 0.3) is 78.2 Å². The molecule has 8 rings (SSSR count). The molecule has 0 saturated carbocycles. The van der Waals surface area contributed by atoms with E-state index < -0.39 is 0 Å². The van der Waals surface area contributed by atoms with Gasteiger partial charge in [0.15, 0.2) is 17.5 Å². The van der Waals surface area contributed by atoms with Crippen molar-refractivity contribution in [3.05, 3.63) is 152 Å². The van der Waals surface area contributed by atoms with Gasteiger partial charge < -0.3 is 0 Å². The maximum atomic E-state index is 4.85. The lowest BCUT2D eigenvalue weighted by molar-refractivity contribution is 1.07. The SMILES string of the molecule is c1ccc(-c2nc(-c3ccccc3)nc(-c3ccc(-c4ccc(-c5cnc6c(ccc7cccnc76)c5)cc4)cc3)n2)cc1. The Balaban J connectivity index is 1.09. The van der Waals surface area contributed by atoms with Crippen molar-refractivity contribution < 1.29 is 0 Å². The van der Waals surface area contributed by atoms with Crippen LogP contribution < -0.4 is 0 Å². The van der Waals surface area contributed by atoms with Crippen molar-refractivity contribution in [2.45, 2.75) is 0 Å². The lowest BCUT2D eigenvalue weighted by Gasteiger charge is -2.09. The molecule has 206 valence electrons. The Morgan fingerprint density at radius 3 is 1.34 bits per heavy atom. The van der Waals surface area contributed by atoms with Crippen LogP contribution in [0.1, 0.15) is 0 Å². The second-order valence-corrected chi connectivity index (χ2v) is 10.6. The average Bonchev–Trinajstić information content (AvgIpc) is 3.12. The van der Waals surface area contributed by atoms with Crippen molar-refractivity contribution in [3.8, 4) is 56.4 Å². The topological polar surface area (TPSA) is 64.5 Å². The molecule has 8 aromatic rings. The van der Waals surface area contributed by atoms with Gasteiger partial charge in [-0.05, 0) is 28.8 Å². The summed E-state index contributed by atoms with van der Waals surface area (Å²) < 4.78 is 0. The molecule has 0 radical (unpaired) electrons. The van der Waals surface area contributed by atoms with Crippen LogP contribution in [0.2, 0.25) is 0 Å². The van der Waals surface area contributed by atoms with E-state index in [4.69, 9.17) is 19.9 Å². The van der Waals surface area contributed by atoms with Crippen LogP contribution in [-0.4, -0.2) is 24.9 Å². The van der Waals surface area contributed by atoms with E-state index in [2.05, 4.69) is 77.8 Å². The van der Waals surface area contributed by atoms with Crippen molar-refractivity contribution in [2.75, 3.05) is 0 Å². The van der Waals surface area contributed by atoms with Crippen LogP contribution >= 0.6 is 0 Å². The molecule has 0 amide bonds. The van der Waals surface area contributed by atoms with Crippen LogP contribution in [0, 0.1) is 0 Å². The van der Waals surface area contributed by atoms with Crippen molar-refractivity contribution in [1.82, 2.24) is 24.9 Å². The number of rotatable bonds is 5. The third kappa shape index (κ3) is 4.86. The Morgan fingerprint density at radius 1 is 0.318 bits per heavy atom. The molecule has 0 fully saturated rings. The third-order valence-electron chi connectivity index (χ3n) is 7.82. The Hall–Kier alpha value is -6.07. The fourth-order valence-electron chi connectivity index (χ4n) is 5.50. The van der Waals surface area contributed by atoms with E-state index in [1.165, 1.54) is 0 Å². The molecule has 0 aliphatic heterocycles. The van der Waals surface area contributed by atoms with Gasteiger partial charge in [0.1, 0.15) is 0 Å². The number of benzene rings is 5. The fourth-order valence-corrected chi connectivity index (χ4v) is 5.50. The quantitative estimate of drug-likeness (QED) is 0.195. The normalized spacial score (nSPS) is 11.2. The van der Waals surface area contributed by atoms with Gasteiger partial charge in [0.2, 0.25) is 0 Å². The predicted octanol–water partition coefficient (Wildman–Crippen LogP) is 9.30. The summed E-state index contributed by atoms with van der Waals surface area (Å²) in [6.07, 6.45) is 3.75. The van der Waals surface area contributed by atoms with Crippen molar-refractivity contribution in [3.63, 3.8) is 0 Å². The van der Waals surface area contributed by atoms with Gasteiger partial charge in [0.05, 0.1) is 11.0 Å². The molecule has 0 unspecified atom stereocenters. The summed E-state index contributed by atoms with van der Waals surface area (Å²) in [7, 11) is 0. The van der Waals surface area contributed by atoms with Crippen LogP contribution in [0.4, 0.5) is 0 Å². The summed E-state index contributed by atoms with van der Waals surface area (Å²) in [6, 6.07) is 47.5. The van der Waals surface area contributed by atoms with E-state index in [0.29, 0.717) is 17.5 Å². The molecule has 5 nitrogen and oxygen atoms in total. The highest BCUT2D eigenvalue weighted by Gasteiger charge is 2.12. The first kappa shape index (κ1) is 25.6. The molecule has 0 aliphatic rings. The van der Waals surface area contributed by atoms with E-state index in [0.717, 1.165) is 60.8 Å². The van der Waals surface area contributed by atoms with Gasteiger partial charge in [-0.3, -0.25) is 9.97 Å². The first-order chi connectivity index (χ1) is 21.8. The summed E-state index contributed by atoms with van der Waals surface area (Å²) in [5, 5.41) is 2.18. The standard InChI is InChI=1S/C39H25N5/c1-3-8-30(9-4-1)37-42-38(31-10-5-2-6-11-31)44-39(43-37)32-20-17-27(18-21-32)26-13-15-28(16-14-26)34-24-33-22-19-29-12-7-23-40-35(29)36(33)41-25-34/h1-25H. The molecule has 0 atom stereocenters. The molecule has 3 aromatic heterocycles. The maximum Gasteiger partial charge on any atom is 0.164 e. The maximum absolute atomic E-state index is 4.85. The lowest BCUT2D eigenvalue weighted by atomic mass is 9.99. The lowest BCUT2D eigenvalue weighted by Crippen LogP contribution is -2.00. The summed E-state index contributed by atoms with van der Waals surface area (Å²) in [4.78, 5) is 23.8. The Bertz CT molecular complexity index is 2190. The molecule has 44 heavy (non-hydrogen) atoms. The van der Waals surface area contributed by atoms with E-state index >= 15 is 0 Å². The monoisotopic (exact) mass is 563 g/mol. The van der Waals surface area contributed by atoms with Crippen molar-refractivity contribution in [2.24, 2.45) is 0 Å². The highest BCUT2D eigenvalue weighted by atomic mass is 15.0. The Kier molecular flexibility index (Phi) is 6.39. The number of fused-ring (bicyclic) bond motifs is 3. The molecule has 0 saturated heterocycles. The molecule has 0 bridgehead atoms. The minimum absolute atomic E-state index is 0.645. The summed E-state index contributed by atoms with van der Waals surface area (Å²) >= 11 is 0. The minimum Gasteiger partial charge on any atom is -0.254 e. The van der Waals surface area contributed by atoms with Crippen molar-refractivity contribution >= 4 is 21.8 Å². The van der Waals surface area contributed by atoms with Gasteiger partial charge in [0.25, 0.3) is 0 Å². The van der Waals surface area contributed by atoms with E-state index in [1.807, 2.05) is 79.1 Å². The molecule has 3 heterocycles. The molecule has 0 N–H and O–H groups in total. The first-order valence-corrected chi connectivity index (χ1v) is 14.5. The van der Waals surface area contributed by atoms with Gasteiger partial charge in [-0.25, -0.2) is 15.0 Å². The Labute approximate surface area is 254 Å². The fraction of sp³-hybridized carbons (Fsp3) is 0. The number of pyridine rings is 2. The number of nitrogens with zero attached hydrogens (tertiary/aromatic N) is 5. The smallest absolute Gasteiger partial charge is 0.164 e. The summed E-state index contributed by atoms with van der Waals surface area (Å²) in [5.74, 6) is 1.95. The number of aromatic nitrogens is 5. The molecular weight excluding hydrogens is 538 g/mol. The van der Waals surface area contributed by atoms with Crippen LogP contribution in [0.3, 0.4) is 0 Å². The number of hydrogen-bond donors (Lipinski definition) is 0. The highest BCUT2D eigenvalue weighted by Crippen LogP contribution is 2.30. The average molecular weight is 564 g/mol. The zero-order valence-corrected chi connectivity index (χ0v) is 23.7. The van der Waals surface area contributed by atoms with E-state index in [-0.39, 0.29) is 0 Å². The summed E-state index contributed by atoms with van der Waals surface area (Å²) in [6.45, 7) is 0. The molecular formula is C39H25N5. The molecule has 0 spiro atoms. The Morgan fingerprint density at radius 2 is 0.773 bits per heavy atom. The second kappa shape index (κ2) is 11.0. The van der Waals surface area contributed by atoms with Crippen LogP contribution in [0.5, 0.6) is 0 Å². The van der Waals surface area contributed by atoms with Gasteiger partial charge in [-0.2, -0.15) is 0 Å². The second-order valence-electron chi connectivity index (χ2n) is 10.6. The minimum atomic E-state index is 0.645. The van der Waals surface area contributed by atoms with Crippen LogP contribution in [-0.2, 0) is 0 Å². The van der Waals surface area contributed by atoms with Crippen molar-refractivity contribution in [1.29, 1.82) is 0 Å². The van der Waals surface area contributed by atoms with Gasteiger partial charge in [-0.1, -0.05) is 127 Å². The van der Waals surface area contributed by atoms with Gasteiger partial charge >= 0.3 is 0 Å². The van der Waals surface area contributed by atoms with Gasteiger partial charge in [0, 0.05) is 45.4 Å². The predicted molar refractivity (Wildman–Crippen MR) is 178 cm³/mol. The summed E-state index contributed by atoms with van der Waals surface area (Å²) in [5.41, 5.74) is 9.15. The number of hydrogen-bond acceptors (Lipinski definition) is 5. The zero-order chi connectivity index (χ0) is 29.3. The molecule has 5 aromatic carbocycles. The molecule has 5 heteroatoms. The largest absolute Gasteiger partial charge is 0.254 e. The van der Waals surface area contributed by atoms with Gasteiger partial charge in [-0.15, -0.1) is 0 Å². The highest BCUT2D eigenvalue weighted by molar-refractivity contribution is 6.03. The zero-order valence-electron chi connectivity index (χ0n) is 23.7. The van der Waals surface area contributed by atoms with E-state index in [9.17, 15) is 0 Å².